The van der Waals surface area contributed by atoms with Crippen LogP contribution in [0.3, 0.4) is 0 Å². The van der Waals surface area contributed by atoms with E-state index in [0.29, 0.717) is 5.92 Å². The molecule has 0 bridgehead atoms. The fraction of sp³-hybridized carbons (Fsp3) is 0.615. The van der Waals surface area contributed by atoms with Crippen LogP contribution in [0.25, 0.3) is 0 Å². The van der Waals surface area contributed by atoms with Gasteiger partial charge in [-0.1, -0.05) is 43.9 Å². The van der Waals surface area contributed by atoms with Crippen LogP contribution in [0.5, 0.6) is 0 Å². The lowest BCUT2D eigenvalue weighted by Crippen LogP contribution is -2.07. The molecule has 0 aliphatic heterocycles. The highest BCUT2D eigenvalue weighted by Crippen LogP contribution is 2.28. The topological polar surface area (TPSA) is 50.7 Å². The summed E-state index contributed by atoms with van der Waals surface area (Å²) in [7, 11) is 0. The molecular formula is C13H20N4S3. The Labute approximate surface area is 132 Å². The third kappa shape index (κ3) is 5.03. The number of hydrogen-bond acceptors (Lipinski definition) is 7. The molecule has 0 aliphatic rings. The van der Waals surface area contributed by atoms with E-state index in [1.165, 1.54) is 5.01 Å². The van der Waals surface area contributed by atoms with Crippen molar-refractivity contribution in [3.8, 4) is 0 Å². The molecule has 0 fully saturated rings. The molecule has 0 saturated heterocycles. The zero-order valence-corrected chi connectivity index (χ0v) is 14.5. The number of aromatic nitrogens is 3. The molecule has 2 rings (SSSR count). The van der Waals surface area contributed by atoms with E-state index in [2.05, 4.69) is 46.6 Å². The highest BCUT2D eigenvalue weighted by Gasteiger charge is 2.07. The molecule has 7 heteroatoms. The molecule has 0 amide bonds. The van der Waals surface area contributed by atoms with Crippen molar-refractivity contribution in [1.82, 2.24) is 15.2 Å². The van der Waals surface area contributed by atoms with Crippen LogP contribution in [0, 0.1) is 5.92 Å². The summed E-state index contributed by atoms with van der Waals surface area (Å²) < 4.78 is 1.00. The van der Waals surface area contributed by atoms with Gasteiger partial charge in [0.2, 0.25) is 5.13 Å². The number of nitrogens with one attached hydrogen (secondary N) is 1. The van der Waals surface area contributed by atoms with Crippen LogP contribution in [-0.4, -0.2) is 21.7 Å². The van der Waals surface area contributed by atoms with E-state index >= 15 is 0 Å². The van der Waals surface area contributed by atoms with Crippen LogP contribution in [0.1, 0.15) is 37.9 Å². The summed E-state index contributed by atoms with van der Waals surface area (Å²) in [6.07, 6.45) is 2.23. The molecule has 0 atom stereocenters. The molecule has 1 N–H and O–H groups in total. The lowest BCUT2D eigenvalue weighted by atomic mass is 10.2. The van der Waals surface area contributed by atoms with Crippen LogP contribution in [0.15, 0.2) is 9.72 Å². The van der Waals surface area contributed by atoms with Crippen molar-refractivity contribution in [1.29, 1.82) is 0 Å². The van der Waals surface area contributed by atoms with Crippen molar-refractivity contribution < 1.29 is 0 Å². The highest BCUT2D eigenvalue weighted by molar-refractivity contribution is 8.00. The Balaban J connectivity index is 1.81. The molecule has 110 valence electrons. The molecule has 4 nitrogen and oxygen atoms in total. The van der Waals surface area contributed by atoms with Gasteiger partial charge in [-0.3, -0.25) is 0 Å². The molecular weight excluding hydrogens is 308 g/mol. The van der Waals surface area contributed by atoms with E-state index in [9.17, 15) is 0 Å². The van der Waals surface area contributed by atoms with Gasteiger partial charge in [-0.2, -0.15) is 0 Å². The minimum absolute atomic E-state index is 0.613. The maximum atomic E-state index is 4.62. The van der Waals surface area contributed by atoms with Crippen molar-refractivity contribution >= 4 is 39.6 Å². The first-order valence-electron chi connectivity index (χ1n) is 6.80. The lowest BCUT2D eigenvalue weighted by molar-refractivity contribution is 0.687. The molecule has 2 heterocycles. The minimum Gasteiger partial charge on any atom is -0.360 e. The highest BCUT2D eigenvalue weighted by atomic mass is 32.2. The van der Waals surface area contributed by atoms with E-state index in [0.717, 1.165) is 40.3 Å². The Morgan fingerprint density at radius 3 is 2.95 bits per heavy atom. The molecule has 0 radical (unpaired) electrons. The maximum absolute atomic E-state index is 4.62. The zero-order valence-electron chi connectivity index (χ0n) is 12.0. The number of anilines is 1. The average Bonchev–Trinajstić information content (AvgIpc) is 3.03. The van der Waals surface area contributed by atoms with Gasteiger partial charge < -0.3 is 5.32 Å². The van der Waals surface area contributed by atoms with Crippen LogP contribution in [0.2, 0.25) is 0 Å². The largest absolute Gasteiger partial charge is 0.360 e. The predicted octanol–water partition coefficient (Wildman–Crippen LogP) is 4.31. The second-order valence-corrected chi connectivity index (χ2v) is 8.06. The third-order valence-electron chi connectivity index (χ3n) is 2.47. The quantitative estimate of drug-likeness (QED) is 0.732. The summed E-state index contributed by atoms with van der Waals surface area (Å²) in [6.45, 7) is 7.48. The third-order valence-corrected chi connectivity index (χ3v) is 5.48. The van der Waals surface area contributed by atoms with Gasteiger partial charge >= 0.3 is 0 Å². The number of thiazole rings is 1. The second-order valence-electron chi connectivity index (χ2n) is 4.92. The predicted molar refractivity (Wildman–Crippen MR) is 88.9 cm³/mol. The zero-order chi connectivity index (χ0) is 14.4. The van der Waals surface area contributed by atoms with E-state index in [-0.39, 0.29) is 0 Å². The first-order chi connectivity index (χ1) is 9.67. The second kappa shape index (κ2) is 7.95. The van der Waals surface area contributed by atoms with E-state index in [1.807, 2.05) is 0 Å². The van der Waals surface area contributed by atoms with Gasteiger partial charge in [0.25, 0.3) is 0 Å². The molecule has 2 aromatic heterocycles. The summed E-state index contributed by atoms with van der Waals surface area (Å²) in [6, 6.07) is 0. The Kier molecular flexibility index (Phi) is 6.25. The van der Waals surface area contributed by atoms with Gasteiger partial charge in [0.15, 0.2) is 4.34 Å². The average molecular weight is 329 g/mol. The van der Waals surface area contributed by atoms with Crippen molar-refractivity contribution in [2.75, 3.05) is 11.9 Å². The van der Waals surface area contributed by atoms with Gasteiger partial charge in [-0.15, -0.1) is 21.5 Å². The number of rotatable bonds is 8. The van der Waals surface area contributed by atoms with Crippen LogP contribution >= 0.6 is 34.4 Å². The molecule has 0 aliphatic carbocycles. The molecule has 0 unspecified atom stereocenters. The lowest BCUT2D eigenvalue weighted by Gasteiger charge is -2.03. The monoisotopic (exact) mass is 328 g/mol. The van der Waals surface area contributed by atoms with E-state index in [1.54, 1.807) is 34.4 Å². The molecule has 0 aromatic carbocycles. The Bertz CT molecular complexity index is 521. The maximum Gasteiger partial charge on any atom is 0.206 e. The molecule has 0 saturated carbocycles. The van der Waals surface area contributed by atoms with Crippen LogP contribution in [-0.2, 0) is 12.2 Å². The summed E-state index contributed by atoms with van der Waals surface area (Å²) >= 11 is 5.08. The summed E-state index contributed by atoms with van der Waals surface area (Å²) in [5, 5.41) is 15.9. The van der Waals surface area contributed by atoms with Crippen molar-refractivity contribution in [2.24, 2.45) is 5.92 Å². The smallest absolute Gasteiger partial charge is 0.206 e. The first-order valence-corrected chi connectivity index (χ1v) is 9.49. The summed E-state index contributed by atoms with van der Waals surface area (Å²) in [4.78, 5) is 4.62. The minimum atomic E-state index is 0.613. The van der Waals surface area contributed by atoms with Crippen molar-refractivity contribution in [3.63, 3.8) is 0 Å². The summed E-state index contributed by atoms with van der Waals surface area (Å²) in [5.41, 5.74) is 1.15. The molecule has 0 spiro atoms. The molecule has 2 aromatic rings. The van der Waals surface area contributed by atoms with Crippen LogP contribution in [0.4, 0.5) is 5.13 Å². The van der Waals surface area contributed by atoms with Gasteiger partial charge in [-0.05, 0) is 18.8 Å². The SMILES string of the molecule is CCCc1nc(CSc2nnc(NCC(C)C)s2)cs1. The van der Waals surface area contributed by atoms with Gasteiger partial charge in [0.05, 0.1) is 10.7 Å². The Morgan fingerprint density at radius 2 is 2.20 bits per heavy atom. The fourth-order valence-electron chi connectivity index (χ4n) is 1.51. The van der Waals surface area contributed by atoms with Gasteiger partial charge in [-0.25, -0.2) is 4.98 Å². The van der Waals surface area contributed by atoms with Crippen molar-refractivity contribution in [3.05, 3.63) is 16.1 Å². The normalized spacial score (nSPS) is 11.2. The van der Waals surface area contributed by atoms with Gasteiger partial charge in [0, 0.05) is 17.7 Å². The standard InChI is InChI=1S/C13H20N4S3/c1-4-5-11-15-10(7-18-11)8-19-13-17-16-12(20-13)14-6-9(2)3/h7,9H,4-6,8H2,1-3H3,(H,14,16). The number of aryl methyl sites for hydroxylation is 1. The fourth-order valence-corrected chi connectivity index (χ4v) is 4.17. The first kappa shape index (κ1) is 15.7. The Hall–Kier alpha value is -0.660. The van der Waals surface area contributed by atoms with Gasteiger partial charge in [0.1, 0.15) is 0 Å². The number of thioether (sulfide) groups is 1. The van der Waals surface area contributed by atoms with E-state index < -0.39 is 0 Å². The molecule has 20 heavy (non-hydrogen) atoms. The number of hydrogen-bond donors (Lipinski definition) is 1. The van der Waals surface area contributed by atoms with Crippen LogP contribution < -0.4 is 5.32 Å². The van der Waals surface area contributed by atoms with E-state index in [4.69, 9.17) is 0 Å². The summed E-state index contributed by atoms with van der Waals surface area (Å²) in [5.74, 6) is 1.49. The Morgan fingerprint density at radius 1 is 1.35 bits per heavy atom. The number of nitrogens with zero attached hydrogens (tertiary/aromatic N) is 3. The van der Waals surface area contributed by atoms with Crippen molar-refractivity contribution in [2.45, 2.75) is 43.7 Å².